The number of nitrogens with zero attached hydrogens (tertiary/aromatic N) is 1. The molecule has 1 aliphatic rings. The summed E-state index contributed by atoms with van der Waals surface area (Å²) in [7, 11) is 0. The maximum absolute atomic E-state index is 11.4. The largest absolute Gasteiger partial charge is 0.478 e. The van der Waals surface area contributed by atoms with E-state index in [1.54, 1.807) is 18.2 Å². The third-order valence-corrected chi connectivity index (χ3v) is 2.99. The van der Waals surface area contributed by atoms with E-state index in [0.29, 0.717) is 16.3 Å². The first-order valence-corrected chi connectivity index (χ1v) is 6.12. The molecule has 1 aromatic rings. The summed E-state index contributed by atoms with van der Waals surface area (Å²) in [4.78, 5) is 35.0. The molecule has 1 aromatic carbocycles. The monoisotopic (exact) mass is 294 g/mol. The lowest BCUT2D eigenvalue weighted by molar-refractivity contribution is -0.132. The molecule has 0 atom stereocenters. The average Bonchev–Trinajstić information content (AvgIpc) is 2.35. The first-order chi connectivity index (χ1) is 9.47. The third-order valence-electron chi connectivity index (χ3n) is 2.69. The number of aliphatic carboxylic acids is 1. The van der Waals surface area contributed by atoms with Gasteiger partial charge in [-0.3, -0.25) is 14.9 Å². The van der Waals surface area contributed by atoms with Gasteiger partial charge in [0.2, 0.25) is 11.8 Å². The van der Waals surface area contributed by atoms with Crippen LogP contribution >= 0.6 is 11.6 Å². The van der Waals surface area contributed by atoms with Crippen LogP contribution in [0.4, 0.5) is 5.69 Å². The van der Waals surface area contributed by atoms with Crippen molar-refractivity contribution in [3.05, 3.63) is 34.9 Å². The molecule has 0 aromatic heterocycles. The second-order valence-electron chi connectivity index (χ2n) is 4.18. The number of halogens is 1. The van der Waals surface area contributed by atoms with E-state index in [2.05, 4.69) is 5.32 Å². The van der Waals surface area contributed by atoms with Crippen LogP contribution in [-0.2, 0) is 14.4 Å². The van der Waals surface area contributed by atoms with Gasteiger partial charge in [-0.1, -0.05) is 23.7 Å². The minimum absolute atomic E-state index is 0.0105. The van der Waals surface area contributed by atoms with Crippen molar-refractivity contribution < 1.29 is 19.5 Å². The van der Waals surface area contributed by atoms with Crippen LogP contribution in [0.1, 0.15) is 5.56 Å². The Hall–Kier alpha value is -2.34. The van der Waals surface area contributed by atoms with Gasteiger partial charge in [-0.2, -0.15) is 0 Å². The van der Waals surface area contributed by atoms with Crippen molar-refractivity contribution in [2.45, 2.75) is 0 Å². The summed E-state index contributed by atoms with van der Waals surface area (Å²) in [5.74, 6) is -1.94. The maximum atomic E-state index is 11.4. The number of carbonyl (C=O) groups is 3. The van der Waals surface area contributed by atoms with Crippen LogP contribution in [-0.4, -0.2) is 36.0 Å². The first kappa shape index (κ1) is 14.1. The van der Waals surface area contributed by atoms with Crippen molar-refractivity contribution >= 4 is 41.1 Å². The molecule has 2 N–H and O–H groups in total. The number of rotatable bonds is 3. The zero-order valence-electron chi connectivity index (χ0n) is 10.3. The average molecular weight is 295 g/mol. The number of hydrogen-bond donors (Lipinski definition) is 2. The van der Waals surface area contributed by atoms with Crippen LogP contribution in [0.25, 0.3) is 6.08 Å². The summed E-state index contributed by atoms with van der Waals surface area (Å²) in [6.07, 6.45) is 2.35. The number of anilines is 1. The molecule has 0 unspecified atom stereocenters. The van der Waals surface area contributed by atoms with Crippen molar-refractivity contribution in [2.24, 2.45) is 0 Å². The van der Waals surface area contributed by atoms with E-state index in [1.165, 1.54) is 11.0 Å². The molecule has 1 fully saturated rings. The lowest BCUT2D eigenvalue weighted by Gasteiger charge is -2.29. The minimum atomic E-state index is -1.09. The number of carbonyl (C=O) groups excluding carboxylic acids is 2. The molecule has 20 heavy (non-hydrogen) atoms. The molecular weight excluding hydrogens is 284 g/mol. The van der Waals surface area contributed by atoms with Gasteiger partial charge in [0, 0.05) is 6.08 Å². The molecule has 0 aliphatic carbocycles. The molecule has 0 spiro atoms. The van der Waals surface area contributed by atoms with Gasteiger partial charge < -0.3 is 10.0 Å². The fourth-order valence-electron chi connectivity index (χ4n) is 1.96. The summed E-state index contributed by atoms with van der Waals surface area (Å²) in [6, 6.07) is 4.95. The SMILES string of the molecule is O=C(O)/C=C/c1cccc(Cl)c1N1CC(=O)NC(=O)C1. The highest BCUT2D eigenvalue weighted by atomic mass is 35.5. The molecular formula is C13H11ClN2O4. The molecule has 1 aliphatic heterocycles. The number of imide groups is 1. The summed E-state index contributed by atoms with van der Waals surface area (Å²) in [5, 5.41) is 11.2. The van der Waals surface area contributed by atoms with Gasteiger partial charge in [0.05, 0.1) is 23.8 Å². The smallest absolute Gasteiger partial charge is 0.328 e. The zero-order valence-corrected chi connectivity index (χ0v) is 11.1. The normalized spacial score (nSPS) is 15.6. The van der Waals surface area contributed by atoms with Crippen molar-refractivity contribution in [3.63, 3.8) is 0 Å². The Bertz CT molecular complexity index is 596. The highest BCUT2D eigenvalue weighted by molar-refractivity contribution is 6.33. The van der Waals surface area contributed by atoms with Gasteiger partial charge in [-0.15, -0.1) is 0 Å². The Balaban J connectivity index is 2.41. The van der Waals surface area contributed by atoms with E-state index in [1.807, 2.05) is 0 Å². The van der Waals surface area contributed by atoms with Crippen LogP contribution in [0.3, 0.4) is 0 Å². The third kappa shape index (κ3) is 3.16. The molecule has 1 saturated heterocycles. The van der Waals surface area contributed by atoms with E-state index in [0.717, 1.165) is 6.08 Å². The molecule has 0 radical (unpaired) electrons. The zero-order chi connectivity index (χ0) is 14.7. The Morgan fingerprint density at radius 3 is 2.55 bits per heavy atom. The second-order valence-corrected chi connectivity index (χ2v) is 4.58. The van der Waals surface area contributed by atoms with Crippen LogP contribution in [0.2, 0.25) is 5.02 Å². The van der Waals surface area contributed by atoms with E-state index in [9.17, 15) is 14.4 Å². The van der Waals surface area contributed by atoms with Gasteiger partial charge in [0.1, 0.15) is 0 Å². The lowest BCUT2D eigenvalue weighted by Crippen LogP contribution is -2.51. The number of piperazine rings is 1. The Kier molecular flexibility index (Phi) is 4.05. The summed E-state index contributed by atoms with van der Waals surface area (Å²) in [6.45, 7) is -0.0211. The van der Waals surface area contributed by atoms with E-state index in [-0.39, 0.29) is 13.1 Å². The predicted molar refractivity (Wildman–Crippen MR) is 73.5 cm³/mol. The minimum Gasteiger partial charge on any atom is -0.478 e. The number of hydrogen-bond acceptors (Lipinski definition) is 4. The quantitative estimate of drug-likeness (QED) is 0.639. The molecule has 104 valence electrons. The van der Waals surface area contributed by atoms with Gasteiger partial charge in [-0.05, 0) is 17.7 Å². The van der Waals surface area contributed by atoms with Crippen LogP contribution in [0, 0.1) is 0 Å². The lowest BCUT2D eigenvalue weighted by atomic mass is 10.1. The van der Waals surface area contributed by atoms with E-state index >= 15 is 0 Å². The van der Waals surface area contributed by atoms with Crippen molar-refractivity contribution in [2.75, 3.05) is 18.0 Å². The van der Waals surface area contributed by atoms with Gasteiger partial charge >= 0.3 is 5.97 Å². The highest BCUT2D eigenvalue weighted by Gasteiger charge is 2.25. The number of benzene rings is 1. The van der Waals surface area contributed by atoms with E-state index in [4.69, 9.17) is 16.7 Å². The molecule has 7 heteroatoms. The van der Waals surface area contributed by atoms with Crippen molar-refractivity contribution in [1.29, 1.82) is 0 Å². The van der Waals surface area contributed by atoms with Crippen molar-refractivity contribution in [3.8, 4) is 0 Å². The van der Waals surface area contributed by atoms with Gasteiger partial charge in [0.25, 0.3) is 0 Å². The number of para-hydroxylation sites is 1. The Morgan fingerprint density at radius 2 is 1.95 bits per heavy atom. The van der Waals surface area contributed by atoms with Crippen molar-refractivity contribution in [1.82, 2.24) is 5.32 Å². The number of carboxylic acids is 1. The molecule has 2 rings (SSSR count). The van der Waals surface area contributed by atoms with Gasteiger partial charge in [-0.25, -0.2) is 4.79 Å². The molecule has 1 heterocycles. The van der Waals surface area contributed by atoms with Gasteiger partial charge in [0.15, 0.2) is 0 Å². The fourth-order valence-corrected chi connectivity index (χ4v) is 2.26. The van der Waals surface area contributed by atoms with E-state index < -0.39 is 17.8 Å². The topological polar surface area (TPSA) is 86.7 Å². The predicted octanol–water partition coefficient (Wildman–Crippen LogP) is 0.901. The maximum Gasteiger partial charge on any atom is 0.328 e. The summed E-state index contributed by atoms with van der Waals surface area (Å²) < 4.78 is 0. The number of nitrogens with one attached hydrogen (secondary N) is 1. The molecule has 0 bridgehead atoms. The second kappa shape index (κ2) is 5.75. The van der Waals surface area contributed by atoms with Crippen LogP contribution in [0.5, 0.6) is 0 Å². The molecule has 0 saturated carbocycles. The molecule has 2 amide bonds. The number of amides is 2. The highest BCUT2D eigenvalue weighted by Crippen LogP contribution is 2.31. The fraction of sp³-hybridized carbons (Fsp3) is 0.154. The van der Waals surface area contributed by atoms with Crippen LogP contribution < -0.4 is 10.2 Å². The Labute approximate surface area is 119 Å². The number of carboxylic acid groups (broad SMARTS) is 1. The standard InChI is InChI=1S/C13H11ClN2O4/c14-9-3-1-2-8(4-5-12(19)20)13(9)16-6-10(17)15-11(18)7-16/h1-5H,6-7H2,(H,19,20)(H,15,17,18)/b5-4+. The Morgan fingerprint density at radius 1 is 1.30 bits per heavy atom. The molecule has 6 nitrogen and oxygen atoms in total. The van der Waals surface area contributed by atoms with Crippen LogP contribution in [0.15, 0.2) is 24.3 Å². The first-order valence-electron chi connectivity index (χ1n) is 5.74. The summed E-state index contributed by atoms with van der Waals surface area (Å²) >= 11 is 6.11. The summed E-state index contributed by atoms with van der Waals surface area (Å²) in [5.41, 5.74) is 0.997.